The second-order valence-corrected chi connectivity index (χ2v) is 9.95. The zero-order valence-electron chi connectivity index (χ0n) is 12.5. The molecule has 3 unspecified atom stereocenters. The molecule has 0 spiro atoms. The molecule has 0 aromatic rings. The minimum atomic E-state index is -1.58. The molecule has 4 nitrogen and oxygen atoms in total. The van der Waals surface area contributed by atoms with Gasteiger partial charge in [-0.1, -0.05) is 13.8 Å². The third-order valence-electron chi connectivity index (χ3n) is 3.17. The van der Waals surface area contributed by atoms with Crippen molar-refractivity contribution in [2.45, 2.75) is 58.0 Å². The number of hydrogen-bond acceptors (Lipinski definition) is 4. The van der Waals surface area contributed by atoms with Gasteiger partial charge in [-0.3, -0.25) is 0 Å². The summed E-state index contributed by atoms with van der Waals surface area (Å²) in [5, 5.41) is 18.5. The van der Waals surface area contributed by atoms with Crippen LogP contribution in [0.4, 0.5) is 0 Å². The van der Waals surface area contributed by atoms with E-state index >= 15 is 0 Å². The maximum Gasteiger partial charge on any atom is 0.189 e. The van der Waals surface area contributed by atoms with Gasteiger partial charge in [0.15, 0.2) is 8.32 Å². The zero-order valence-corrected chi connectivity index (χ0v) is 13.5. The van der Waals surface area contributed by atoms with Gasteiger partial charge in [0.1, 0.15) is 6.10 Å². The average molecular weight is 278 g/mol. The lowest BCUT2D eigenvalue weighted by Gasteiger charge is -2.27. The first-order valence-electron chi connectivity index (χ1n) is 6.80. The molecule has 0 heterocycles. The lowest BCUT2D eigenvalue weighted by atomic mass is 10.2. The smallest absolute Gasteiger partial charge is 0.189 e. The standard InChI is InChI=1S/C13H30O4Si/c1-11(2)10-18(5,16-4)8-6-7-17-9-13(15)12(3)14/h11-15H,6-10H2,1-5H3. The highest BCUT2D eigenvalue weighted by Gasteiger charge is 2.28. The van der Waals surface area contributed by atoms with Gasteiger partial charge >= 0.3 is 0 Å². The number of rotatable bonds is 10. The highest BCUT2D eigenvalue weighted by Crippen LogP contribution is 2.23. The van der Waals surface area contributed by atoms with Crippen molar-refractivity contribution >= 4 is 8.32 Å². The van der Waals surface area contributed by atoms with Crippen molar-refractivity contribution in [2.75, 3.05) is 20.3 Å². The van der Waals surface area contributed by atoms with E-state index in [1.165, 1.54) is 6.04 Å². The maximum absolute atomic E-state index is 9.36. The first-order valence-corrected chi connectivity index (χ1v) is 9.62. The number of ether oxygens (including phenoxy) is 1. The van der Waals surface area contributed by atoms with Gasteiger partial charge in [-0.15, -0.1) is 0 Å². The van der Waals surface area contributed by atoms with Gasteiger partial charge in [0.25, 0.3) is 0 Å². The molecule has 0 amide bonds. The summed E-state index contributed by atoms with van der Waals surface area (Å²) in [6, 6.07) is 2.24. The van der Waals surface area contributed by atoms with Crippen LogP contribution < -0.4 is 0 Å². The molecule has 0 fully saturated rings. The Kier molecular flexibility index (Phi) is 9.07. The fourth-order valence-corrected chi connectivity index (χ4v) is 5.24. The molecule has 0 aromatic carbocycles. The molecule has 3 atom stereocenters. The van der Waals surface area contributed by atoms with Gasteiger partial charge in [-0.05, 0) is 37.9 Å². The first-order chi connectivity index (χ1) is 8.30. The predicted octanol–water partition coefficient (Wildman–Crippen LogP) is 2.01. The van der Waals surface area contributed by atoms with Crippen LogP contribution in [-0.2, 0) is 9.16 Å². The van der Waals surface area contributed by atoms with E-state index in [0.717, 1.165) is 12.5 Å². The van der Waals surface area contributed by atoms with Crippen molar-refractivity contribution in [3.8, 4) is 0 Å². The van der Waals surface area contributed by atoms with Crippen molar-refractivity contribution < 1.29 is 19.4 Å². The van der Waals surface area contributed by atoms with Crippen molar-refractivity contribution in [1.29, 1.82) is 0 Å². The number of aliphatic hydroxyl groups excluding tert-OH is 2. The van der Waals surface area contributed by atoms with Crippen molar-refractivity contribution in [3.05, 3.63) is 0 Å². The molecule has 0 radical (unpaired) electrons. The lowest BCUT2D eigenvalue weighted by molar-refractivity contribution is -0.0302. The van der Waals surface area contributed by atoms with Crippen LogP contribution in [0, 0.1) is 5.92 Å². The fraction of sp³-hybridized carbons (Fsp3) is 1.00. The van der Waals surface area contributed by atoms with Gasteiger partial charge in [-0.2, -0.15) is 0 Å². The first kappa shape index (κ1) is 18.1. The summed E-state index contributed by atoms with van der Waals surface area (Å²) in [6.45, 7) is 9.09. The van der Waals surface area contributed by atoms with E-state index in [-0.39, 0.29) is 6.61 Å². The van der Waals surface area contributed by atoms with Crippen molar-refractivity contribution in [1.82, 2.24) is 0 Å². The monoisotopic (exact) mass is 278 g/mol. The summed E-state index contributed by atoms with van der Waals surface area (Å²) in [7, 11) is 0.235. The van der Waals surface area contributed by atoms with E-state index in [1.807, 2.05) is 7.11 Å². The molecule has 0 bridgehead atoms. The van der Waals surface area contributed by atoms with Crippen LogP contribution in [0.15, 0.2) is 0 Å². The molecule has 0 aliphatic heterocycles. The molecule has 0 saturated heterocycles. The van der Waals surface area contributed by atoms with Gasteiger partial charge in [0.2, 0.25) is 0 Å². The van der Waals surface area contributed by atoms with Gasteiger partial charge < -0.3 is 19.4 Å². The van der Waals surface area contributed by atoms with Gasteiger partial charge in [0.05, 0.1) is 12.7 Å². The minimum absolute atomic E-state index is 0.201. The van der Waals surface area contributed by atoms with Crippen molar-refractivity contribution in [2.24, 2.45) is 5.92 Å². The second kappa shape index (κ2) is 9.04. The molecular formula is C13H30O4Si. The highest BCUT2D eigenvalue weighted by atomic mass is 28.4. The average Bonchev–Trinajstić information content (AvgIpc) is 2.27. The van der Waals surface area contributed by atoms with E-state index in [0.29, 0.717) is 12.5 Å². The van der Waals surface area contributed by atoms with E-state index in [2.05, 4.69) is 20.4 Å². The van der Waals surface area contributed by atoms with E-state index in [4.69, 9.17) is 14.3 Å². The molecule has 18 heavy (non-hydrogen) atoms. The summed E-state index contributed by atoms with van der Waals surface area (Å²) in [5.74, 6) is 0.666. The lowest BCUT2D eigenvalue weighted by Crippen LogP contribution is -2.35. The minimum Gasteiger partial charge on any atom is -0.420 e. The molecule has 2 N–H and O–H groups in total. The van der Waals surface area contributed by atoms with Crippen LogP contribution in [0.3, 0.4) is 0 Å². The Morgan fingerprint density at radius 1 is 1.17 bits per heavy atom. The van der Waals surface area contributed by atoms with Crippen LogP contribution >= 0.6 is 0 Å². The number of aliphatic hydroxyl groups is 2. The third-order valence-corrected chi connectivity index (χ3v) is 7.25. The summed E-state index contributed by atoms with van der Waals surface area (Å²) < 4.78 is 11.1. The normalized spacial score (nSPS) is 18.7. The molecule has 110 valence electrons. The Bertz CT molecular complexity index is 211. The topological polar surface area (TPSA) is 58.9 Å². The van der Waals surface area contributed by atoms with Gasteiger partial charge in [-0.25, -0.2) is 0 Å². The summed E-state index contributed by atoms with van der Waals surface area (Å²) in [4.78, 5) is 0. The van der Waals surface area contributed by atoms with Crippen LogP contribution in [0.25, 0.3) is 0 Å². The molecular weight excluding hydrogens is 248 g/mol. The van der Waals surface area contributed by atoms with E-state index in [9.17, 15) is 5.11 Å². The molecule has 5 heteroatoms. The Labute approximate surface area is 112 Å². The molecule has 0 rings (SSSR count). The SMILES string of the molecule is CO[Si](C)(CCCOCC(O)C(C)O)CC(C)C. The Balaban J connectivity index is 3.75. The molecule has 0 aromatic heterocycles. The Morgan fingerprint density at radius 3 is 2.22 bits per heavy atom. The third kappa shape index (κ3) is 8.21. The number of hydrogen-bond donors (Lipinski definition) is 2. The quantitative estimate of drug-likeness (QED) is 0.474. The largest absolute Gasteiger partial charge is 0.420 e. The predicted molar refractivity (Wildman–Crippen MR) is 76.2 cm³/mol. The van der Waals surface area contributed by atoms with Crippen LogP contribution in [0.5, 0.6) is 0 Å². The fourth-order valence-electron chi connectivity index (χ4n) is 2.04. The maximum atomic E-state index is 9.36. The molecule has 0 saturated carbocycles. The summed E-state index contributed by atoms with van der Waals surface area (Å²) in [5.41, 5.74) is 0. The molecule has 0 aliphatic rings. The second-order valence-electron chi connectivity index (χ2n) is 5.74. The van der Waals surface area contributed by atoms with Crippen molar-refractivity contribution in [3.63, 3.8) is 0 Å². The highest BCUT2D eigenvalue weighted by molar-refractivity contribution is 6.72. The van der Waals surface area contributed by atoms with E-state index in [1.54, 1.807) is 6.92 Å². The summed E-state index contributed by atoms with van der Waals surface area (Å²) in [6.07, 6.45) is -0.563. The van der Waals surface area contributed by atoms with Crippen LogP contribution in [0.1, 0.15) is 27.2 Å². The summed E-state index contributed by atoms with van der Waals surface area (Å²) >= 11 is 0. The molecule has 0 aliphatic carbocycles. The van der Waals surface area contributed by atoms with Gasteiger partial charge in [0, 0.05) is 13.7 Å². The zero-order chi connectivity index (χ0) is 14.2. The van der Waals surface area contributed by atoms with Crippen LogP contribution in [-0.4, -0.2) is 51.1 Å². The van der Waals surface area contributed by atoms with E-state index < -0.39 is 20.5 Å². The Hall–Kier alpha value is 0.0569. The Morgan fingerprint density at radius 2 is 1.78 bits per heavy atom. The van der Waals surface area contributed by atoms with Crippen LogP contribution in [0.2, 0.25) is 18.6 Å².